The molecule has 0 aliphatic carbocycles. The van der Waals surface area contributed by atoms with E-state index in [1.807, 2.05) is 0 Å². The zero-order valence-corrected chi connectivity index (χ0v) is 17.5. The van der Waals surface area contributed by atoms with Crippen molar-refractivity contribution in [2.45, 2.75) is 136 Å². The Morgan fingerprint density at radius 3 is 1.38 bits per heavy atom. The van der Waals surface area contributed by atoms with Crippen molar-refractivity contribution in [2.24, 2.45) is 5.92 Å². The first kappa shape index (κ1) is 23.7. The molecule has 24 heavy (non-hydrogen) atoms. The van der Waals surface area contributed by atoms with Crippen LogP contribution in [0.1, 0.15) is 136 Å². The summed E-state index contributed by atoms with van der Waals surface area (Å²) < 4.78 is 0. The van der Waals surface area contributed by atoms with Gasteiger partial charge in [0.2, 0.25) is 0 Å². The van der Waals surface area contributed by atoms with Crippen LogP contribution in [0.4, 0.5) is 0 Å². The topological polar surface area (TPSA) is 0 Å². The summed E-state index contributed by atoms with van der Waals surface area (Å²) >= 11 is 0. The Hall–Kier alpha value is -0.260. The van der Waals surface area contributed by atoms with Gasteiger partial charge in [-0.1, -0.05) is 123 Å². The fourth-order valence-electron chi connectivity index (χ4n) is 3.55. The molecule has 0 amide bonds. The predicted molar refractivity (Wildman–Crippen MR) is 113 cm³/mol. The first-order chi connectivity index (χ1) is 11.8. The fourth-order valence-corrected chi connectivity index (χ4v) is 3.55. The quantitative estimate of drug-likeness (QED) is 0.163. The smallest absolute Gasteiger partial charge is 0.0351 e. The summed E-state index contributed by atoms with van der Waals surface area (Å²) in [4.78, 5) is 0. The minimum atomic E-state index is 0.994. The lowest BCUT2D eigenvalue weighted by molar-refractivity contribution is 0.426. The van der Waals surface area contributed by atoms with E-state index in [2.05, 4.69) is 32.9 Å². The molecule has 0 aromatic rings. The summed E-state index contributed by atoms with van der Waals surface area (Å²) in [6.45, 7) is 6.98. The van der Waals surface area contributed by atoms with E-state index >= 15 is 0 Å². The van der Waals surface area contributed by atoms with Crippen LogP contribution < -0.4 is 0 Å². The summed E-state index contributed by atoms with van der Waals surface area (Å²) in [5, 5.41) is 0. The molecule has 0 saturated heterocycles. The fraction of sp³-hybridized carbons (Fsp3) is 0.917. The van der Waals surface area contributed by atoms with Gasteiger partial charge in [-0.25, -0.2) is 0 Å². The van der Waals surface area contributed by atoms with Crippen molar-refractivity contribution in [1.29, 1.82) is 0 Å². The lowest BCUT2D eigenvalue weighted by atomic mass is 9.95. The second-order valence-corrected chi connectivity index (χ2v) is 7.76. The van der Waals surface area contributed by atoms with Gasteiger partial charge in [-0.05, 0) is 31.6 Å². The van der Waals surface area contributed by atoms with Gasteiger partial charge >= 0.3 is 0 Å². The summed E-state index contributed by atoms with van der Waals surface area (Å²) in [6, 6.07) is 0. The third-order valence-corrected chi connectivity index (χ3v) is 5.53. The summed E-state index contributed by atoms with van der Waals surface area (Å²) in [6.07, 6.45) is 30.4. The van der Waals surface area contributed by atoms with Crippen molar-refractivity contribution in [1.82, 2.24) is 0 Å². The van der Waals surface area contributed by atoms with E-state index in [1.54, 1.807) is 0 Å². The van der Waals surface area contributed by atoms with Crippen molar-refractivity contribution >= 4 is 0 Å². The van der Waals surface area contributed by atoms with E-state index in [-0.39, 0.29) is 0 Å². The Morgan fingerprint density at radius 2 is 0.917 bits per heavy atom. The van der Waals surface area contributed by atoms with Crippen molar-refractivity contribution < 1.29 is 0 Å². The standard InChI is InChI=1S/C24H48/c1-4-7-8-9-10-11-12-13-14-15-16-17-18-19-20-21-22-23-24(5-2)6-3/h13-14,24H,4-12,15-23H2,1-3H3. The van der Waals surface area contributed by atoms with Crippen LogP contribution in [-0.2, 0) is 0 Å². The number of allylic oxidation sites excluding steroid dienone is 2. The van der Waals surface area contributed by atoms with E-state index in [0.717, 1.165) is 5.92 Å². The molecular formula is C24H48. The molecule has 0 fully saturated rings. The van der Waals surface area contributed by atoms with Crippen molar-refractivity contribution in [3.63, 3.8) is 0 Å². The van der Waals surface area contributed by atoms with Gasteiger partial charge < -0.3 is 0 Å². The molecule has 0 N–H and O–H groups in total. The zero-order chi connectivity index (χ0) is 17.7. The Morgan fingerprint density at radius 1 is 0.500 bits per heavy atom. The summed E-state index contributed by atoms with van der Waals surface area (Å²) in [7, 11) is 0. The van der Waals surface area contributed by atoms with Gasteiger partial charge in [0.1, 0.15) is 0 Å². The highest BCUT2D eigenvalue weighted by Crippen LogP contribution is 2.18. The van der Waals surface area contributed by atoms with Crippen LogP contribution in [0.3, 0.4) is 0 Å². The highest BCUT2D eigenvalue weighted by atomic mass is 14.1. The highest BCUT2D eigenvalue weighted by Gasteiger charge is 2.02. The Bertz CT molecular complexity index is 236. The third kappa shape index (κ3) is 18.1. The molecule has 0 heterocycles. The van der Waals surface area contributed by atoms with Gasteiger partial charge in [0, 0.05) is 0 Å². The lowest BCUT2D eigenvalue weighted by Gasteiger charge is -2.11. The molecule has 0 heteroatoms. The average molecular weight is 337 g/mol. The zero-order valence-electron chi connectivity index (χ0n) is 17.5. The number of unbranched alkanes of at least 4 members (excludes halogenated alkanes) is 13. The van der Waals surface area contributed by atoms with Crippen LogP contribution in [0.5, 0.6) is 0 Å². The maximum atomic E-state index is 2.43. The molecule has 0 aromatic carbocycles. The van der Waals surface area contributed by atoms with Crippen LogP contribution in [0.15, 0.2) is 12.2 Å². The highest BCUT2D eigenvalue weighted by molar-refractivity contribution is 4.81. The molecule has 0 saturated carbocycles. The van der Waals surface area contributed by atoms with Crippen molar-refractivity contribution in [3.8, 4) is 0 Å². The third-order valence-electron chi connectivity index (χ3n) is 5.53. The van der Waals surface area contributed by atoms with Gasteiger partial charge in [-0.15, -0.1) is 0 Å². The van der Waals surface area contributed by atoms with Crippen LogP contribution in [0.2, 0.25) is 0 Å². The monoisotopic (exact) mass is 336 g/mol. The summed E-state index contributed by atoms with van der Waals surface area (Å²) in [5.41, 5.74) is 0. The summed E-state index contributed by atoms with van der Waals surface area (Å²) in [5.74, 6) is 0.994. The number of rotatable bonds is 19. The Balaban J connectivity index is 3.13. The lowest BCUT2D eigenvalue weighted by Crippen LogP contribution is -1.96. The second-order valence-electron chi connectivity index (χ2n) is 7.76. The average Bonchev–Trinajstić information content (AvgIpc) is 2.61. The van der Waals surface area contributed by atoms with Crippen LogP contribution in [0, 0.1) is 5.92 Å². The predicted octanol–water partition coefficient (Wildman–Crippen LogP) is 9.24. The molecule has 0 nitrogen and oxygen atoms in total. The van der Waals surface area contributed by atoms with Gasteiger partial charge in [-0.3, -0.25) is 0 Å². The molecule has 0 aliphatic rings. The van der Waals surface area contributed by atoms with Gasteiger partial charge in [-0.2, -0.15) is 0 Å². The van der Waals surface area contributed by atoms with E-state index < -0.39 is 0 Å². The molecule has 0 aliphatic heterocycles. The molecule has 144 valence electrons. The van der Waals surface area contributed by atoms with Gasteiger partial charge in [0.05, 0.1) is 0 Å². The SMILES string of the molecule is CCCCCCCCC=CCCCCCCCCCC(CC)CC. The van der Waals surface area contributed by atoms with Crippen molar-refractivity contribution in [2.75, 3.05) is 0 Å². The second kappa shape index (κ2) is 20.8. The van der Waals surface area contributed by atoms with Crippen LogP contribution >= 0.6 is 0 Å². The van der Waals surface area contributed by atoms with Crippen LogP contribution in [-0.4, -0.2) is 0 Å². The molecule has 0 unspecified atom stereocenters. The molecular weight excluding hydrogens is 288 g/mol. The number of hydrogen-bond acceptors (Lipinski definition) is 0. The number of hydrogen-bond donors (Lipinski definition) is 0. The molecule has 0 bridgehead atoms. The van der Waals surface area contributed by atoms with Crippen molar-refractivity contribution in [3.05, 3.63) is 12.2 Å². The maximum absolute atomic E-state index is 2.43. The van der Waals surface area contributed by atoms with E-state index in [1.165, 1.54) is 116 Å². The normalized spacial score (nSPS) is 11.8. The van der Waals surface area contributed by atoms with E-state index in [4.69, 9.17) is 0 Å². The maximum Gasteiger partial charge on any atom is -0.0351 e. The van der Waals surface area contributed by atoms with Crippen LogP contribution in [0.25, 0.3) is 0 Å². The molecule has 0 radical (unpaired) electrons. The Labute approximate surface area is 154 Å². The van der Waals surface area contributed by atoms with Gasteiger partial charge in [0.15, 0.2) is 0 Å². The molecule has 0 spiro atoms. The molecule has 0 aromatic heterocycles. The minimum Gasteiger partial charge on any atom is -0.0885 e. The first-order valence-electron chi connectivity index (χ1n) is 11.5. The molecule has 0 atom stereocenters. The van der Waals surface area contributed by atoms with E-state index in [0.29, 0.717) is 0 Å². The Kier molecular flexibility index (Phi) is 20.6. The van der Waals surface area contributed by atoms with E-state index in [9.17, 15) is 0 Å². The minimum absolute atomic E-state index is 0.994. The van der Waals surface area contributed by atoms with Gasteiger partial charge in [0.25, 0.3) is 0 Å². The first-order valence-corrected chi connectivity index (χ1v) is 11.5. The molecule has 0 rings (SSSR count). The largest absolute Gasteiger partial charge is 0.0885 e.